The summed E-state index contributed by atoms with van der Waals surface area (Å²) < 4.78 is 6.10. The van der Waals surface area contributed by atoms with Crippen molar-refractivity contribution in [3.8, 4) is 5.75 Å². The Morgan fingerprint density at radius 2 is 2.05 bits per heavy atom. The summed E-state index contributed by atoms with van der Waals surface area (Å²) in [5, 5.41) is 13.9. The fourth-order valence-corrected chi connectivity index (χ4v) is 2.96. The Morgan fingerprint density at radius 3 is 2.62 bits per heavy atom. The third-order valence-electron chi connectivity index (χ3n) is 4.29. The number of nitrogens with one attached hydrogen (secondary N) is 1. The number of nitro benzene ring substituents is 1. The van der Waals surface area contributed by atoms with Gasteiger partial charge in [0.2, 0.25) is 0 Å². The van der Waals surface area contributed by atoms with Crippen LogP contribution in [0.15, 0.2) is 18.2 Å². The monoisotopic (exact) mass is 292 g/mol. The van der Waals surface area contributed by atoms with E-state index in [-0.39, 0.29) is 16.7 Å². The van der Waals surface area contributed by atoms with Gasteiger partial charge in [0.05, 0.1) is 11.0 Å². The molecule has 0 saturated heterocycles. The van der Waals surface area contributed by atoms with Gasteiger partial charge in [-0.3, -0.25) is 10.1 Å². The summed E-state index contributed by atoms with van der Waals surface area (Å²) >= 11 is 0. The molecule has 116 valence electrons. The molecule has 0 aromatic heterocycles. The largest absolute Gasteiger partial charge is 0.490 e. The molecule has 1 saturated carbocycles. The Morgan fingerprint density at radius 1 is 1.33 bits per heavy atom. The molecule has 0 amide bonds. The van der Waals surface area contributed by atoms with E-state index in [1.54, 1.807) is 12.1 Å². The van der Waals surface area contributed by atoms with Gasteiger partial charge in [-0.15, -0.1) is 0 Å². The number of hydrogen-bond donors (Lipinski definition) is 1. The molecular formula is C16H24N2O3. The standard InChI is InChI=1S/C16H24N2O3/c1-3-12-4-7-15(8-5-12)21-16-9-6-14(18(19)20)10-13(16)11-17-2/h6,9-10,12,15,17H,3-5,7-8,11H2,1-2H3. The molecule has 1 aromatic rings. The number of benzene rings is 1. The second-order valence-electron chi connectivity index (χ2n) is 5.75. The summed E-state index contributed by atoms with van der Waals surface area (Å²) in [4.78, 5) is 10.5. The number of nitrogens with zero attached hydrogens (tertiary/aromatic N) is 1. The maximum Gasteiger partial charge on any atom is 0.270 e. The SMILES string of the molecule is CCC1CCC(Oc2ccc([N+](=O)[O-])cc2CNC)CC1. The lowest BCUT2D eigenvalue weighted by Gasteiger charge is -2.29. The molecule has 1 aromatic carbocycles. The highest BCUT2D eigenvalue weighted by Gasteiger charge is 2.22. The van der Waals surface area contributed by atoms with Crippen LogP contribution in [0.25, 0.3) is 0 Å². The zero-order chi connectivity index (χ0) is 15.2. The Kier molecular flexibility index (Phi) is 5.56. The second-order valence-corrected chi connectivity index (χ2v) is 5.75. The minimum absolute atomic E-state index is 0.113. The molecule has 1 aliphatic carbocycles. The smallest absolute Gasteiger partial charge is 0.270 e. The Labute approximate surface area is 125 Å². The normalized spacial score (nSPS) is 22.0. The van der Waals surface area contributed by atoms with Crippen molar-refractivity contribution in [2.24, 2.45) is 5.92 Å². The van der Waals surface area contributed by atoms with E-state index in [1.165, 1.54) is 25.3 Å². The number of hydrogen-bond acceptors (Lipinski definition) is 4. The highest BCUT2D eigenvalue weighted by molar-refractivity contribution is 5.43. The lowest BCUT2D eigenvalue weighted by atomic mass is 9.86. The van der Waals surface area contributed by atoms with Crippen molar-refractivity contribution >= 4 is 5.69 Å². The van der Waals surface area contributed by atoms with E-state index in [2.05, 4.69) is 12.2 Å². The second kappa shape index (κ2) is 7.41. The van der Waals surface area contributed by atoms with Crippen LogP contribution in [0.5, 0.6) is 5.75 Å². The summed E-state index contributed by atoms with van der Waals surface area (Å²) in [6.45, 7) is 2.81. The molecule has 0 unspecified atom stereocenters. The molecule has 0 spiro atoms. The summed E-state index contributed by atoms with van der Waals surface area (Å²) in [5.41, 5.74) is 0.964. The van der Waals surface area contributed by atoms with Crippen molar-refractivity contribution in [1.29, 1.82) is 0 Å². The topological polar surface area (TPSA) is 64.4 Å². The lowest BCUT2D eigenvalue weighted by molar-refractivity contribution is -0.384. The fourth-order valence-electron chi connectivity index (χ4n) is 2.96. The van der Waals surface area contributed by atoms with Gasteiger partial charge in [-0.05, 0) is 44.7 Å². The van der Waals surface area contributed by atoms with Crippen LogP contribution in [0.2, 0.25) is 0 Å². The molecule has 0 heterocycles. The van der Waals surface area contributed by atoms with E-state index in [1.807, 2.05) is 7.05 Å². The molecule has 1 N–H and O–H groups in total. The zero-order valence-electron chi connectivity index (χ0n) is 12.8. The van der Waals surface area contributed by atoms with Crippen LogP contribution < -0.4 is 10.1 Å². The van der Waals surface area contributed by atoms with Gasteiger partial charge in [0.1, 0.15) is 5.75 Å². The molecule has 1 fully saturated rings. The van der Waals surface area contributed by atoms with Crippen LogP contribution in [-0.2, 0) is 6.54 Å². The molecule has 0 atom stereocenters. The average molecular weight is 292 g/mol. The molecule has 1 aliphatic rings. The molecule has 5 nitrogen and oxygen atoms in total. The first-order chi connectivity index (χ1) is 10.1. The van der Waals surface area contributed by atoms with Crippen molar-refractivity contribution < 1.29 is 9.66 Å². The molecule has 2 rings (SSSR count). The number of rotatable bonds is 6. The third kappa shape index (κ3) is 4.17. The minimum atomic E-state index is -0.366. The average Bonchev–Trinajstić information content (AvgIpc) is 2.50. The zero-order valence-corrected chi connectivity index (χ0v) is 12.8. The van der Waals surface area contributed by atoms with Crippen molar-refractivity contribution in [3.05, 3.63) is 33.9 Å². The van der Waals surface area contributed by atoms with E-state index in [9.17, 15) is 10.1 Å². The van der Waals surface area contributed by atoms with Gasteiger partial charge in [0.15, 0.2) is 0 Å². The summed E-state index contributed by atoms with van der Waals surface area (Å²) in [7, 11) is 1.83. The van der Waals surface area contributed by atoms with Crippen molar-refractivity contribution in [1.82, 2.24) is 5.32 Å². The highest BCUT2D eigenvalue weighted by atomic mass is 16.6. The Bertz CT molecular complexity index is 482. The molecule has 5 heteroatoms. The number of ether oxygens (including phenoxy) is 1. The minimum Gasteiger partial charge on any atom is -0.490 e. The van der Waals surface area contributed by atoms with Crippen LogP contribution >= 0.6 is 0 Å². The van der Waals surface area contributed by atoms with E-state index >= 15 is 0 Å². The van der Waals surface area contributed by atoms with E-state index in [4.69, 9.17) is 4.74 Å². The quantitative estimate of drug-likeness (QED) is 0.642. The maximum absolute atomic E-state index is 10.9. The fraction of sp³-hybridized carbons (Fsp3) is 0.625. The first-order valence-electron chi connectivity index (χ1n) is 7.72. The first-order valence-corrected chi connectivity index (χ1v) is 7.72. The Balaban J connectivity index is 2.06. The van der Waals surface area contributed by atoms with Gasteiger partial charge < -0.3 is 10.1 Å². The van der Waals surface area contributed by atoms with Crippen LogP contribution in [0, 0.1) is 16.0 Å². The van der Waals surface area contributed by atoms with Crippen LogP contribution in [0.4, 0.5) is 5.69 Å². The van der Waals surface area contributed by atoms with Crippen molar-refractivity contribution in [3.63, 3.8) is 0 Å². The highest BCUT2D eigenvalue weighted by Crippen LogP contribution is 2.31. The van der Waals surface area contributed by atoms with Gasteiger partial charge >= 0.3 is 0 Å². The number of non-ortho nitro benzene ring substituents is 1. The van der Waals surface area contributed by atoms with Gasteiger partial charge in [0.25, 0.3) is 5.69 Å². The van der Waals surface area contributed by atoms with E-state index in [0.29, 0.717) is 6.54 Å². The van der Waals surface area contributed by atoms with E-state index in [0.717, 1.165) is 30.1 Å². The van der Waals surface area contributed by atoms with Crippen LogP contribution in [-0.4, -0.2) is 18.1 Å². The molecular weight excluding hydrogens is 268 g/mol. The summed E-state index contributed by atoms with van der Waals surface area (Å²) in [6.07, 6.45) is 6.08. The molecule has 0 aliphatic heterocycles. The summed E-state index contributed by atoms with van der Waals surface area (Å²) in [6, 6.07) is 4.85. The summed E-state index contributed by atoms with van der Waals surface area (Å²) in [5.74, 6) is 1.60. The Hall–Kier alpha value is -1.62. The maximum atomic E-state index is 10.9. The number of nitro groups is 1. The van der Waals surface area contributed by atoms with Crippen LogP contribution in [0.1, 0.15) is 44.6 Å². The van der Waals surface area contributed by atoms with Crippen LogP contribution in [0.3, 0.4) is 0 Å². The van der Waals surface area contributed by atoms with Crippen molar-refractivity contribution in [2.45, 2.75) is 51.7 Å². The van der Waals surface area contributed by atoms with Gasteiger partial charge in [-0.1, -0.05) is 13.3 Å². The lowest BCUT2D eigenvalue weighted by Crippen LogP contribution is -2.24. The van der Waals surface area contributed by atoms with Gasteiger partial charge in [-0.2, -0.15) is 0 Å². The third-order valence-corrected chi connectivity index (χ3v) is 4.29. The van der Waals surface area contributed by atoms with E-state index < -0.39 is 0 Å². The molecule has 21 heavy (non-hydrogen) atoms. The van der Waals surface area contributed by atoms with Crippen molar-refractivity contribution in [2.75, 3.05) is 7.05 Å². The van der Waals surface area contributed by atoms with Gasteiger partial charge in [0, 0.05) is 24.2 Å². The van der Waals surface area contributed by atoms with Gasteiger partial charge in [-0.25, -0.2) is 0 Å². The predicted molar refractivity (Wildman–Crippen MR) is 82.5 cm³/mol. The first kappa shape index (κ1) is 15.8. The predicted octanol–water partition coefficient (Wildman–Crippen LogP) is 3.66. The molecule has 0 radical (unpaired) electrons. The molecule has 0 bridgehead atoms.